The number of morpholine rings is 1. The van der Waals surface area contributed by atoms with Crippen molar-refractivity contribution in [3.63, 3.8) is 0 Å². The van der Waals surface area contributed by atoms with E-state index in [1.54, 1.807) is 10.9 Å². The monoisotopic (exact) mass is 468 g/mol. The third-order valence-corrected chi connectivity index (χ3v) is 7.40. The second kappa shape index (κ2) is 10.3. The molecule has 3 aromatic rings. The molecule has 2 aromatic carbocycles. The summed E-state index contributed by atoms with van der Waals surface area (Å²) in [6.45, 7) is 4.03. The van der Waals surface area contributed by atoms with Crippen molar-refractivity contribution in [2.75, 3.05) is 38.6 Å². The van der Waals surface area contributed by atoms with E-state index >= 15 is 0 Å². The Morgan fingerprint density at radius 3 is 2.45 bits per heavy atom. The molecule has 1 saturated heterocycles. The van der Waals surface area contributed by atoms with E-state index in [9.17, 15) is 13.2 Å². The average Bonchev–Trinajstić information content (AvgIpc) is 3.24. The normalized spacial score (nSPS) is 14.8. The van der Waals surface area contributed by atoms with Crippen molar-refractivity contribution in [2.24, 2.45) is 0 Å². The first-order chi connectivity index (χ1) is 15.9. The Morgan fingerprint density at radius 2 is 1.76 bits per heavy atom. The minimum Gasteiger partial charge on any atom is -0.379 e. The Morgan fingerprint density at radius 1 is 1.06 bits per heavy atom. The number of hydrogen-bond acceptors (Lipinski definition) is 5. The second-order valence-electron chi connectivity index (χ2n) is 8.02. The Kier molecular flexibility index (Phi) is 7.22. The van der Waals surface area contributed by atoms with Crippen molar-refractivity contribution in [3.05, 3.63) is 77.5 Å². The number of nitrogens with zero attached hydrogens (tertiary/aromatic N) is 3. The van der Waals surface area contributed by atoms with Gasteiger partial charge < -0.3 is 10.1 Å². The van der Waals surface area contributed by atoms with E-state index in [0.29, 0.717) is 44.1 Å². The maximum Gasteiger partial charge on any atom is 0.255 e. The molecule has 9 heteroatoms. The summed E-state index contributed by atoms with van der Waals surface area (Å²) in [5.74, 6) is -0.501. The van der Waals surface area contributed by atoms with Gasteiger partial charge >= 0.3 is 0 Å². The SMILES string of the molecule is Cc1ccc(-c2nn(Cc3ccccc3)cc2C(=O)NCCS(=O)(=O)N2CCOCC2)cc1. The summed E-state index contributed by atoms with van der Waals surface area (Å²) >= 11 is 0. The molecule has 0 saturated carbocycles. The van der Waals surface area contributed by atoms with Crippen LogP contribution in [0.4, 0.5) is 0 Å². The van der Waals surface area contributed by atoms with Crippen LogP contribution in [0.2, 0.25) is 0 Å². The zero-order chi connectivity index (χ0) is 23.3. The Bertz CT molecular complexity index is 1180. The van der Waals surface area contributed by atoms with Gasteiger partial charge in [-0.3, -0.25) is 9.48 Å². The largest absolute Gasteiger partial charge is 0.379 e. The summed E-state index contributed by atoms with van der Waals surface area (Å²) in [7, 11) is -3.45. The molecule has 0 atom stereocenters. The lowest BCUT2D eigenvalue weighted by Gasteiger charge is -2.26. The molecule has 0 radical (unpaired) electrons. The summed E-state index contributed by atoms with van der Waals surface area (Å²) in [4.78, 5) is 13.0. The summed E-state index contributed by atoms with van der Waals surface area (Å²) in [6, 6.07) is 17.7. The standard InChI is InChI=1S/C24H28N4O4S/c1-19-7-9-21(10-8-19)23-22(18-27(26-23)17-20-5-3-2-4-6-20)24(29)25-11-16-33(30,31)28-12-14-32-15-13-28/h2-10,18H,11-17H2,1H3,(H,25,29). The van der Waals surface area contributed by atoms with Crippen LogP contribution in [0.15, 0.2) is 60.8 Å². The van der Waals surface area contributed by atoms with E-state index in [2.05, 4.69) is 10.4 Å². The zero-order valence-corrected chi connectivity index (χ0v) is 19.4. The van der Waals surface area contributed by atoms with Gasteiger partial charge in [-0.05, 0) is 12.5 Å². The highest BCUT2D eigenvalue weighted by molar-refractivity contribution is 7.89. The van der Waals surface area contributed by atoms with Crippen LogP contribution in [0, 0.1) is 6.92 Å². The van der Waals surface area contributed by atoms with Gasteiger partial charge in [0.1, 0.15) is 5.69 Å². The number of sulfonamides is 1. The molecule has 0 aliphatic carbocycles. The number of aryl methyl sites for hydroxylation is 1. The molecular weight excluding hydrogens is 440 g/mol. The van der Waals surface area contributed by atoms with Crippen LogP contribution in [0.1, 0.15) is 21.5 Å². The summed E-state index contributed by atoms with van der Waals surface area (Å²) in [5, 5.41) is 7.44. The molecule has 0 bridgehead atoms. The minimum absolute atomic E-state index is 0.0235. The topological polar surface area (TPSA) is 93.5 Å². The van der Waals surface area contributed by atoms with E-state index in [0.717, 1.165) is 16.7 Å². The van der Waals surface area contributed by atoms with E-state index in [1.165, 1.54) is 4.31 Å². The van der Waals surface area contributed by atoms with Gasteiger partial charge in [-0.1, -0.05) is 60.2 Å². The molecule has 8 nitrogen and oxygen atoms in total. The number of benzene rings is 2. The van der Waals surface area contributed by atoms with Crippen molar-refractivity contribution < 1.29 is 17.9 Å². The average molecular weight is 469 g/mol. The van der Waals surface area contributed by atoms with Crippen LogP contribution in [0.5, 0.6) is 0 Å². The number of amides is 1. The summed E-state index contributed by atoms with van der Waals surface area (Å²) in [5.41, 5.74) is 4.00. The number of nitrogens with one attached hydrogen (secondary N) is 1. The highest BCUT2D eigenvalue weighted by Gasteiger charge is 2.25. The van der Waals surface area contributed by atoms with Crippen LogP contribution in [0.3, 0.4) is 0 Å². The van der Waals surface area contributed by atoms with Crippen LogP contribution in [-0.4, -0.2) is 67.0 Å². The fourth-order valence-electron chi connectivity index (χ4n) is 3.71. The maximum atomic E-state index is 13.0. The van der Waals surface area contributed by atoms with Crippen LogP contribution in [-0.2, 0) is 21.3 Å². The van der Waals surface area contributed by atoms with Crippen molar-refractivity contribution in [2.45, 2.75) is 13.5 Å². The Labute approximate surface area is 194 Å². The third kappa shape index (κ3) is 5.87. The van der Waals surface area contributed by atoms with Gasteiger partial charge in [0, 0.05) is 31.4 Å². The molecule has 2 heterocycles. The highest BCUT2D eigenvalue weighted by Crippen LogP contribution is 2.23. The quantitative estimate of drug-likeness (QED) is 0.548. The lowest BCUT2D eigenvalue weighted by Crippen LogP contribution is -2.43. The Balaban J connectivity index is 1.50. The number of aromatic nitrogens is 2. The molecule has 4 rings (SSSR count). The molecule has 33 heavy (non-hydrogen) atoms. The molecule has 1 fully saturated rings. The van der Waals surface area contributed by atoms with E-state index in [1.807, 2.05) is 61.5 Å². The predicted molar refractivity (Wildman–Crippen MR) is 126 cm³/mol. The van der Waals surface area contributed by atoms with Gasteiger partial charge in [-0.25, -0.2) is 8.42 Å². The van der Waals surface area contributed by atoms with Gasteiger partial charge in [-0.2, -0.15) is 9.40 Å². The first-order valence-corrected chi connectivity index (χ1v) is 12.6. The van der Waals surface area contributed by atoms with E-state index < -0.39 is 10.0 Å². The van der Waals surface area contributed by atoms with Crippen molar-refractivity contribution in [1.29, 1.82) is 0 Å². The number of carbonyl (C=O) groups is 1. The van der Waals surface area contributed by atoms with Crippen molar-refractivity contribution in [3.8, 4) is 11.3 Å². The van der Waals surface area contributed by atoms with E-state index in [4.69, 9.17) is 4.74 Å². The lowest BCUT2D eigenvalue weighted by molar-refractivity contribution is 0.0730. The number of carbonyl (C=O) groups excluding carboxylic acids is 1. The predicted octanol–water partition coefficient (Wildman–Crippen LogP) is 2.30. The molecule has 174 valence electrons. The number of ether oxygens (including phenoxy) is 1. The van der Waals surface area contributed by atoms with E-state index in [-0.39, 0.29) is 18.2 Å². The van der Waals surface area contributed by atoms with Crippen molar-refractivity contribution in [1.82, 2.24) is 19.4 Å². The molecule has 0 unspecified atom stereocenters. The molecule has 1 aliphatic rings. The van der Waals surface area contributed by atoms with Gasteiger partial charge in [0.05, 0.1) is 31.1 Å². The van der Waals surface area contributed by atoms with Gasteiger partial charge in [-0.15, -0.1) is 0 Å². The smallest absolute Gasteiger partial charge is 0.255 e. The molecule has 0 spiro atoms. The first kappa shape index (κ1) is 23.2. The van der Waals surface area contributed by atoms with Gasteiger partial charge in [0.15, 0.2) is 0 Å². The minimum atomic E-state index is -3.45. The fourth-order valence-corrected chi connectivity index (χ4v) is 5.03. The summed E-state index contributed by atoms with van der Waals surface area (Å²) < 4.78 is 33.4. The van der Waals surface area contributed by atoms with Gasteiger partial charge in [0.2, 0.25) is 10.0 Å². The molecule has 1 amide bonds. The van der Waals surface area contributed by atoms with Crippen LogP contribution in [0.25, 0.3) is 11.3 Å². The fraction of sp³-hybridized carbons (Fsp3) is 0.333. The molecule has 1 aromatic heterocycles. The van der Waals surface area contributed by atoms with Crippen molar-refractivity contribution >= 4 is 15.9 Å². The highest BCUT2D eigenvalue weighted by atomic mass is 32.2. The zero-order valence-electron chi connectivity index (χ0n) is 18.6. The van der Waals surface area contributed by atoms with Crippen LogP contribution >= 0.6 is 0 Å². The van der Waals surface area contributed by atoms with Gasteiger partial charge in [0.25, 0.3) is 5.91 Å². The lowest BCUT2D eigenvalue weighted by atomic mass is 10.1. The summed E-state index contributed by atoms with van der Waals surface area (Å²) in [6.07, 6.45) is 1.72. The van der Waals surface area contributed by atoms with Crippen LogP contribution < -0.4 is 5.32 Å². The Hall–Kier alpha value is -3.01. The molecular formula is C24H28N4O4S. The molecule has 1 aliphatic heterocycles. The number of hydrogen-bond donors (Lipinski definition) is 1. The molecule has 1 N–H and O–H groups in total. The second-order valence-corrected chi connectivity index (χ2v) is 10.1. The first-order valence-electron chi connectivity index (χ1n) is 10.9. The number of rotatable bonds is 8. The maximum absolute atomic E-state index is 13.0. The third-order valence-electron chi connectivity index (χ3n) is 5.53.